The fraction of sp³-hybridized carbons (Fsp3) is 0.533. The van der Waals surface area contributed by atoms with Crippen LogP contribution >= 0.6 is 12.2 Å². The van der Waals surface area contributed by atoms with E-state index in [1.807, 2.05) is 0 Å². The van der Waals surface area contributed by atoms with Crippen molar-refractivity contribution < 1.29 is 4.39 Å². The highest BCUT2D eigenvalue weighted by atomic mass is 32.1. The smallest absolute Gasteiger partial charge is 0.124 e. The van der Waals surface area contributed by atoms with Crippen LogP contribution < -0.4 is 10.6 Å². The second-order valence-electron chi connectivity index (χ2n) is 5.76. The van der Waals surface area contributed by atoms with Gasteiger partial charge in [0.25, 0.3) is 0 Å². The van der Waals surface area contributed by atoms with Gasteiger partial charge in [-0.15, -0.1) is 0 Å². The van der Waals surface area contributed by atoms with Crippen molar-refractivity contribution in [1.82, 2.24) is 4.90 Å². The molecule has 1 saturated carbocycles. The summed E-state index contributed by atoms with van der Waals surface area (Å²) in [6.07, 6.45) is 2.79. The van der Waals surface area contributed by atoms with E-state index in [0.717, 1.165) is 37.8 Å². The first kappa shape index (κ1) is 13.8. The molecule has 0 radical (unpaired) electrons. The fourth-order valence-corrected chi connectivity index (χ4v) is 2.98. The normalized spacial score (nSPS) is 20.1. The lowest BCUT2D eigenvalue weighted by Crippen LogP contribution is -2.47. The fourth-order valence-electron chi connectivity index (χ4n) is 2.82. The molecule has 1 aromatic rings. The number of hydrogen-bond donors (Lipinski definition) is 1. The van der Waals surface area contributed by atoms with Crippen molar-refractivity contribution in [2.45, 2.75) is 12.8 Å². The van der Waals surface area contributed by atoms with E-state index in [2.05, 4.69) is 9.80 Å². The molecular weight excluding hydrogens is 273 g/mol. The lowest BCUT2D eigenvalue weighted by Gasteiger charge is -2.37. The summed E-state index contributed by atoms with van der Waals surface area (Å²) in [6.45, 7) is 5.26. The van der Waals surface area contributed by atoms with Gasteiger partial charge in [0.15, 0.2) is 0 Å². The van der Waals surface area contributed by atoms with Crippen molar-refractivity contribution in [1.29, 1.82) is 0 Å². The number of rotatable bonds is 4. The molecule has 1 aliphatic heterocycles. The first-order valence-electron chi connectivity index (χ1n) is 7.20. The summed E-state index contributed by atoms with van der Waals surface area (Å²) >= 11 is 5.04. The minimum absolute atomic E-state index is 0.264. The molecule has 5 heteroatoms. The molecule has 2 aliphatic rings. The Bertz CT molecular complexity index is 508. The van der Waals surface area contributed by atoms with E-state index in [1.54, 1.807) is 6.07 Å². The number of anilines is 1. The van der Waals surface area contributed by atoms with E-state index >= 15 is 0 Å². The number of halogens is 1. The Kier molecular flexibility index (Phi) is 3.89. The molecule has 20 heavy (non-hydrogen) atoms. The molecule has 0 amide bonds. The number of nitrogens with two attached hydrogens (primary N) is 1. The van der Waals surface area contributed by atoms with Crippen LogP contribution in [0.4, 0.5) is 10.1 Å². The van der Waals surface area contributed by atoms with Crippen LogP contribution in [0.3, 0.4) is 0 Å². The average Bonchev–Trinajstić information content (AvgIpc) is 3.24. The first-order valence-corrected chi connectivity index (χ1v) is 7.61. The van der Waals surface area contributed by atoms with Gasteiger partial charge in [0.05, 0.1) is 0 Å². The highest BCUT2D eigenvalue weighted by molar-refractivity contribution is 7.80. The minimum Gasteiger partial charge on any atom is -0.389 e. The Hall–Kier alpha value is -1.20. The molecule has 1 saturated heterocycles. The van der Waals surface area contributed by atoms with Gasteiger partial charge in [0.2, 0.25) is 0 Å². The van der Waals surface area contributed by atoms with E-state index in [-0.39, 0.29) is 10.8 Å². The third kappa shape index (κ3) is 3.10. The molecule has 3 rings (SSSR count). The predicted octanol–water partition coefficient (Wildman–Crippen LogP) is 1.99. The van der Waals surface area contributed by atoms with Gasteiger partial charge in [-0.05, 0) is 37.0 Å². The predicted molar refractivity (Wildman–Crippen MR) is 83.7 cm³/mol. The monoisotopic (exact) mass is 293 g/mol. The summed E-state index contributed by atoms with van der Waals surface area (Å²) in [4.78, 5) is 5.05. The van der Waals surface area contributed by atoms with Crippen LogP contribution in [0.2, 0.25) is 0 Å². The Morgan fingerprint density at radius 2 is 1.95 bits per heavy atom. The molecule has 0 atom stereocenters. The molecule has 1 aromatic carbocycles. The molecule has 2 fully saturated rings. The zero-order valence-corrected chi connectivity index (χ0v) is 12.3. The van der Waals surface area contributed by atoms with Gasteiger partial charge >= 0.3 is 0 Å². The van der Waals surface area contributed by atoms with E-state index < -0.39 is 0 Å². The van der Waals surface area contributed by atoms with Crippen LogP contribution in [0.1, 0.15) is 18.4 Å². The maximum atomic E-state index is 13.3. The van der Waals surface area contributed by atoms with Gasteiger partial charge in [-0.1, -0.05) is 12.2 Å². The van der Waals surface area contributed by atoms with Gasteiger partial charge in [-0.3, -0.25) is 4.90 Å². The minimum atomic E-state index is -0.288. The van der Waals surface area contributed by atoms with E-state index in [0.29, 0.717) is 5.56 Å². The van der Waals surface area contributed by atoms with Gasteiger partial charge in [0, 0.05) is 44.0 Å². The maximum Gasteiger partial charge on any atom is 0.124 e. The molecule has 0 spiro atoms. The molecule has 0 aromatic heterocycles. The van der Waals surface area contributed by atoms with Crippen LogP contribution in [0.25, 0.3) is 0 Å². The van der Waals surface area contributed by atoms with Crippen molar-refractivity contribution in [3.05, 3.63) is 29.6 Å². The van der Waals surface area contributed by atoms with Crippen molar-refractivity contribution in [2.75, 3.05) is 37.6 Å². The number of nitrogens with zero attached hydrogens (tertiary/aromatic N) is 2. The number of piperazine rings is 1. The van der Waals surface area contributed by atoms with Crippen LogP contribution in [0.5, 0.6) is 0 Å². The molecular formula is C15H20FN3S. The molecule has 0 bridgehead atoms. The summed E-state index contributed by atoms with van der Waals surface area (Å²) < 4.78 is 13.3. The molecule has 108 valence electrons. The standard InChI is InChI=1S/C15H20FN3S/c16-12-3-4-14(13(9-12)15(17)20)19-7-5-18(6-8-19)10-11-1-2-11/h3-4,9,11H,1-2,5-8,10H2,(H2,17,20). The second kappa shape index (κ2) is 5.66. The zero-order chi connectivity index (χ0) is 14.1. The summed E-state index contributed by atoms with van der Waals surface area (Å²) in [7, 11) is 0. The van der Waals surface area contributed by atoms with Crippen molar-refractivity contribution in [2.24, 2.45) is 11.7 Å². The van der Waals surface area contributed by atoms with E-state index in [1.165, 1.54) is 31.5 Å². The maximum absolute atomic E-state index is 13.3. The van der Waals surface area contributed by atoms with Crippen molar-refractivity contribution >= 4 is 22.9 Å². The SMILES string of the molecule is NC(=S)c1cc(F)ccc1N1CCN(CC2CC2)CC1. The number of benzene rings is 1. The Morgan fingerprint density at radius 1 is 1.25 bits per heavy atom. The van der Waals surface area contributed by atoms with Gasteiger partial charge in [-0.25, -0.2) is 4.39 Å². The second-order valence-corrected chi connectivity index (χ2v) is 6.20. The molecule has 3 nitrogen and oxygen atoms in total. The van der Waals surface area contributed by atoms with Crippen molar-refractivity contribution in [3.8, 4) is 0 Å². The molecule has 0 unspecified atom stereocenters. The zero-order valence-electron chi connectivity index (χ0n) is 11.5. The largest absolute Gasteiger partial charge is 0.389 e. The van der Waals surface area contributed by atoms with Crippen LogP contribution in [0, 0.1) is 11.7 Å². The average molecular weight is 293 g/mol. The number of hydrogen-bond acceptors (Lipinski definition) is 3. The lowest BCUT2D eigenvalue weighted by molar-refractivity contribution is 0.248. The lowest BCUT2D eigenvalue weighted by atomic mass is 10.1. The number of thiocarbonyl (C=S) groups is 1. The third-order valence-corrected chi connectivity index (χ3v) is 4.37. The van der Waals surface area contributed by atoms with Gasteiger partial charge < -0.3 is 10.6 Å². The molecule has 2 N–H and O–H groups in total. The summed E-state index contributed by atoms with van der Waals surface area (Å²) in [5.41, 5.74) is 7.33. The molecule has 1 heterocycles. The Morgan fingerprint density at radius 3 is 2.55 bits per heavy atom. The highest BCUT2D eigenvalue weighted by Crippen LogP contribution is 2.30. The topological polar surface area (TPSA) is 32.5 Å². The van der Waals surface area contributed by atoms with Gasteiger partial charge in [0.1, 0.15) is 10.8 Å². The summed E-state index contributed by atoms with van der Waals surface area (Å²) in [5.74, 6) is 0.642. The first-order chi connectivity index (χ1) is 9.63. The van der Waals surface area contributed by atoms with E-state index in [9.17, 15) is 4.39 Å². The molecule has 1 aliphatic carbocycles. The summed E-state index contributed by atoms with van der Waals surface area (Å²) in [5, 5.41) is 0. The summed E-state index contributed by atoms with van der Waals surface area (Å²) in [6, 6.07) is 4.71. The van der Waals surface area contributed by atoms with Crippen LogP contribution in [0.15, 0.2) is 18.2 Å². The third-order valence-electron chi connectivity index (χ3n) is 4.15. The van der Waals surface area contributed by atoms with Gasteiger partial charge in [-0.2, -0.15) is 0 Å². The van der Waals surface area contributed by atoms with Crippen molar-refractivity contribution in [3.63, 3.8) is 0 Å². The highest BCUT2D eigenvalue weighted by Gasteiger charge is 2.27. The van der Waals surface area contributed by atoms with E-state index in [4.69, 9.17) is 18.0 Å². The Labute approximate surface area is 124 Å². The quantitative estimate of drug-likeness (QED) is 0.861. The van der Waals surface area contributed by atoms with Crippen LogP contribution in [-0.4, -0.2) is 42.6 Å². The van der Waals surface area contributed by atoms with Crippen LogP contribution in [-0.2, 0) is 0 Å². The Balaban J connectivity index is 1.69.